The van der Waals surface area contributed by atoms with Gasteiger partial charge in [0.2, 0.25) is 0 Å². The molecule has 0 aliphatic carbocycles. The molecule has 2 aliphatic heterocycles. The lowest BCUT2D eigenvalue weighted by atomic mass is 9.84. The molecule has 0 aromatic heterocycles. The molecule has 0 bridgehead atoms. The topological polar surface area (TPSA) is 86.5 Å². The summed E-state index contributed by atoms with van der Waals surface area (Å²) < 4.78 is 18.2. The molecule has 0 spiro atoms. The van der Waals surface area contributed by atoms with Gasteiger partial charge in [-0.05, 0) is 38.7 Å². The number of ketones is 1. The van der Waals surface area contributed by atoms with Crippen LogP contribution >= 0.6 is 0 Å². The second-order valence-corrected chi connectivity index (χ2v) is 10.2. The number of hydrogen-bond acceptors (Lipinski definition) is 6. The summed E-state index contributed by atoms with van der Waals surface area (Å²) in [5.41, 5.74) is 0. The third-order valence-corrected chi connectivity index (χ3v) is 7.13. The Morgan fingerprint density at radius 2 is 1.78 bits per heavy atom. The predicted octanol–water partition coefficient (Wildman–Crippen LogP) is 1.78. The highest BCUT2D eigenvalue weighted by Crippen LogP contribution is 2.31. The summed E-state index contributed by atoms with van der Waals surface area (Å²) in [5, 5.41) is 11.0. The minimum Gasteiger partial charge on any atom is -0.461 e. The summed E-state index contributed by atoms with van der Waals surface area (Å²) in [5.74, 6) is -1.18. The molecule has 1 saturated heterocycles. The van der Waals surface area contributed by atoms with Crippen molar-refractivity contribution >= 4 is 11.8 Å². The third kappa shape index (κ3) is 6.62. The van der Waals surface area contributed by atoms with Crippen LogP contribution in [0.1, 0.15) is 60.8 Å². The van der Waals surface area contributed by atoms with Crippen LogP contribution in [0.3, 0.4) is 0 Å². The van der Waals surface area contributed by atoms with Crippen molar-refractivity contribution in [2.45, 2.75) is 97.6 Å². The number of ether oxygens (including phenoxy) is 3. The SMILES string of the molecule is CC[C@H]1OC(=O)[C@H](C)[C@@H](O[C@@H]2O[C@H](C)C[C@H]([NH+](C)C)[C@H]2O)[C@@H](C)C[C@@H](C)C(=O)/C=C/[C@H]1C. The molecule has 7 nitrogen and oxygen atoms in total. The maximum absolute atomic E-state index is 13.1. The minimum absolute atomic E-state index is 0.0245. The van der Waals surface area contributed by atoms with Gasteiger partial charge in [-0.15, -0.1) is 0 Å². The van der Waals surface area contributed by atoms with Crippen molar-refractivity contribution in [3.05, 3.63) is 12.2 Å². The summed E-state index contributed by atoms with van der Waals surface area (Å²) in [7, 11) is 4.02. The third-order valence-electron chi connectivity index (χ3n) is 7.13. The first-order chi connectivity index (χ1) is 15.0. The molecule has 184 valence electrons. The molecule has 0 amide bonds. The Kier molecular flexibility index (Phi) is 9.88. The summed E-state index contributed by atoms with van der Waals surface area (Å²) in [6, 6.07) is -0.0245. The number of nitrogens with one attached hydrogen (secondary N) is 1. The van der Waals surface area contributed by atoms with Gasteiger partial charge in [0.05, 0.1) is 32.2 Å². The molecule has 1 fully saturated rings. The van der Waals surface area contributed by atoms with Crippen LogP contribution in [0, 0.1) is 23.7 Å². The predicted molar refractivity (Wildman–Crippen MR) is 122 cm³/mol. The summed E-state index contributed by atoms with van der Waals surface area (Å²) in [4.78, 5) is 26.9. The van der Waals surface area contributed by atoms with E-state index in [1.807, 2.05) is 61.7 Å². The molecule has 2 rings (SSSR count). The zero-order valence-corrected chi connectivity index (χ0v) is 21.0. The second kappa shape index (κ2) is 11.7. The maximum Gasteiger partial charge on any atom is 0.311 e. The molecular formula is C25H44NO6+. The Hall–Kier alpha value is -1.28. The summed E-state index contributed by atoms with van der Waals surface area (Å²) in [6.07, 6.45) is 2.87. The monoisotopic (exact) mass is 454 g/mol. The Bertz CT molecular complexity index is 665. The Balaban J connectivity index is 2.32. The van der Waals surface area contributed by atoms with Gasteiger partial charge in [-0.3, -0.25) is 9.59 Å². The number of allylic oxidation sites excluding steroid dienone is 1. The van der Waals surface area contributed by atoms with E-state index in [1.54, 1.807) is 6.08 Å². The number of carbonyl (C=O) groups is 2. The van der Waals surface area contributed by atoms with Gasteiger partial charge in [0.15, 0.2) is 18.2 Å². The fourth-order valence-corrected chi connectivity index (χ4v) is 4.94. The van der Waals surface area contributed by atoms with E-state index in [0.29, 0.717) is 12.8 Å². The highest BCUT2D eigenvalue weighted by atomic mass is 16.7. The molecule has 0 radical (unpaired) electrons. The van der Waals surface area contributed by atoms with Crippen molar-refractivity contribution in [1.29, 1.82) is 0 Å². The van der Waals surface area contributed by atoms with Gasteiger partial charge in [0, 0.05) is 18.3 Å². The number of aliphatic hydroxyl groups excluding tert-OH is 1. The van der Waals surface area contributed by atoms with Gasteiger partial charge < -0.3 is 24.2 Å². The molecule has 0 saturated carbocycles. The van der Waals surface area contributed by atoms with Crippen LogP contribution in [0.4, 0.5) is 0 Å². The fourth-order valence-electron chi connectivity index (χ4n) is 4.94. The number of hydrogen-bond donors (Lipinski definition) is 2. The van der Waals surface area contributed by atoms with Crippen molar-refractivity contribution in [3.63, 3.8) is 0 Å². The smallest absolute Gasteiger partial charge is 0.311 e. The molecule has 0 unspecified atom stereocenters. The van der Waals surface area contributed by atoms with Gasteiger partial charge in [-0.1, -0.05) is 33.8 Å². The van der Waals surface area contributed by atoms with E-state index in [1.165, 1.54) is 0 Å². The molecule has 2 heterocycles. The van der Waals surface area contributed by atoms with Crippen LogP contribution in [-0.2, 0) is 23.8 Å². The van der Waals surface area contributed by atoms with E-state index in [9.17, 15) is 14.7 Å². The minimum atomic E-state index is -0.832. The van der Waals surface area contributed by atoms with E-state index in [-0.39, 0.29) is 47.8 Å². The van der Waals surface area contributed by atoms with E-state index in [2.05, 4.69) is 0 Å². The van der Waals surface area contributed by atoms with Gasteiger partial charge in [-0.25, -0.2) is 0 Å². The van der Waals surface area contributed by atoms with Gasteiger partial charge >= 0.3 is 5.97 Å². The lowest BCUT2D eigenvalue weighted by molar-refractivity contribution is -0.893. The Morgan fingerprint density at radius 1 is 1.12 bits per heavy atom. The Morgan fingerprint density at radius 3 is 2.38 bits per heavy atom. The van der Waals surface area contributed by atoms with Crippen molar-refractivity contribution < 1.29 is 33.8 Å². The van der Waals surface area contributed by atoms with Crippen molar-refractivity contribution in [3.8, 4) is 0 Å². The van der Waals surface area contributed by atoms with Crippen LogP contribution in [-0.4, -0.2) is 67.7 Å². The summed E-state index contributed by atoms with van der Waals surface area (Å²) >= 11 is 0. The zero-order chi connectivity index (χ0) is 24.2. The van der Waals surface area contributed by atoms with E-state index >= 15 is 0 Å². The summed E-state index contributed by atoms with van der Waals surface area (Å²) in [6.45, 7) is 11.6. The molecule has 0 aromatic rings. The van der Waals surface area contributed by atoms with Gasteiger partial charge in [0.25, 0.3) is 0 Å². The molecule has 10 atom stereocenters. The highest BCUT2D eigenvalue weighted by molar-refractivity contribution is 5.91. The second-order valence-electron chi connectivity index (χ2n) is 10.2. The number of esters is 1. The van der Waals surface area contributed by atoms with Crippen molar-refractivity contribution in [1.82, 2.24) is 0 Å². The van der Waals surface area contributed by atoms with Crippen LogP contribution < -0.4 is 4.90 Å². The molecule has 0 aromatic carbocycles. The first-order valence-electron chi connectivity index (χ1n) is 12.2. The average Bonchev–Trinajstić information content (AvgIpc) is 2.73. The van der Waals surface area contributed by atoms with Crippen LogP contribution in [0.15, 0.2) is 12.2 Å². The quantitative estimate of drug-likeness (QED) is 0.630. The number of quaternary nitrogens is 1. The highest BCUT2D eigenvalue weighted by Gasteiger charge is 2.44. The van der Waals surface area contributed by atoms with Gasteiger partial charge in [-0.2, -0.15) is 0 Å². The van der Waals surface area contributed by atoms with Crippen LogP contribution in [0.2, 0.25) is 0 Å². The molecule has 7 heteroatoms. The number of aliphatic hydroxyl groups is 1. The molecule has 2 N–H and O–H groups in total. The number of rotatable bonds is 4. The van der Waals surface area contributed by atoms with E-state index in [0.717, 1.165) is 11.3 Å². The average molecular weight is 455 g/mol. The van der Waals surface area contributed by atoms with Crippen LogP contribution in [0.5, 0.6) is 0 Å². The van der Waals surface area contributed by atoms with Crippen molar-refractivity contribution in [2.24, 2.45) is 23.7 Å². The normalized spacial score (nSPS) is 43.3. The van der Waals surface area contributed by atoms with E-state index < -0.39 is 24.4 Å². The fraction of sp³-hybridized carbons (Fsp3) is 0.840. The first kappa shape index (κ1) is 27.0. The maximum atomic E-state index is 13.1. The molecular weight excluding hydrogens is 410 g/mol. The number of cyclic esters (lactones) is 1. The van der Waals surface area contributed by atoms with Gasteiger partial charge in [0.1, 0.15) is 12.1 Å². The lowest BCUT2D eigenvalue weighted by Gasteiger charge is -2.42. The van der Waals surface area contributed by atoms with Crippen molar-refractivity contribution in [2.75, 3.05) is 14.1 Å². The molecule has 32 heavy (non-hydrogen) atoms. The molecule has 2 aliphatic rings. The van der Waals surface area contributed by atoms with Crippen LogP contribution in [0.25, 0.3) is 0 Å². The lowest BCUT2D eigenvalue weighted by Crippen LogP contribution is -3.12. The number of carbonyl (C=O) groups excluding carboxylic acids is 2. The number of likely N-dealkylation sites (N-methyl/N-ethyl adjacent to an activating group) is 1. The first-order valence-corrected chi connectivity index (χ1v) is 12.2. The Labute approximate surface area is 193 Å². The van der Waals surface area contributed by atoms with E-state index in [4.69, 9.17) is 14.2 Å². The standard InChI is InChI=1S/C25H43NO6/c1-9-21-14(2)10-11-20(27)15(3)12-16(4)23(18(6)24(29)31-21)32-25-22(28)19(26(7)8)13-17(5)30-25/h10-11,14-19,21-23,25,28H,9,12-13H2,1-8H3/p+1/b11-10+/t14-,15-,16+,17-,18-,19+,21-,22-,23+,25+/m1/s1. The largest absolute Gasteiger partial charge is 0.461 e. The zero-order valence-electron chi connectivity index (χ0n) is 21.0.